The van der Waals surface area contributed by atoms with Crippen LogP contribution in [0.2, 0.25) is 0 Å². The monoisotopic (exact) mass is 559 g/mol. The van der Waals surface area contributed by atoms with Crippen molar-refractivity contribution in [2.75, 3.05) is 5.75 Å². The normalized spacial score (nSPS) is 52.7. The summed E-state index contributed by atoms with van der Waals surface area (Å²) in [6.07, 6.45) is 8.60. The number of esters is 1. The maximum Gasteiger partial charge on any atom is 0.316 e. The summed E-state index contributed by atoms with van der Waals surface area (Å²) in [6, 6.07) is 1.20. The van der Waals surface area contributed by atoms with Gasteiger partial charge in [0.05, 0.1) is 18.0 Å². The predicted molar refractivity (Wildman–Crippen MR) is 153 cm³/mol. The molecule has 0 spiro atoms. The lowest BCUT2D eigenvalue weighted by Crippen LogP contribution is -2.63. The molecule has 6 rings (SSSR count). The first-order valence-corrected chi connectivity index (χ1v) is 16.6. The van der Waals surface area contributed by atoms with Crippen LogP contribution in [-0.4, -0.2) is 63.4 Å². The highest BCUT2D eigenvalue weighted by Gasteiger charge is 2.68. The number of thioether (sulfide) groups is 1. The molecule has 39 heavy (non-hydrogen) atoms. The zero-order valence-electron chi connectivity index (χ0n) is 24.2. The van der Waals surface area contributed by atoms with Gasteiger partial charge in [-0.1, -0.05) is 33.8 Å². The molecule has 0 aromatic heterocycles. The molecule has 13 atom stereocenters. The molecule has 0 amide bonds. The van der Waals surface area contributed by atoms with Gasteiger partial charge in [0.15, 0.2) is 0 Å². The molecule has 7 heteroatoms. The van der Waals surface area contributed by atoms with E-state index in [0.29, 0.717) is 36.8 Å². The fourth-order valence-electron chi connectivity index (χ4n) is 9.94. The van der Waals surface area contributed by atoms with Gasteiger partial charge >= 0.3 is 5.97 Å². The van der Waals surface area contributed by atoms with Gasteiger partial charge < -0.3 is 20.3 Å². The quantitative estimate of drug-likeness (QED) is 0.312. The summed E-state index contributed by atoms with van der Waals surface area (Å²) >= 11 is 1.54. The van der Waals surface area contributed by atoms with E-state index in [9.17, 15) is 19.8 Å². The largest absolute Gasteiger partial charge is 0.461 e. The van der Waals surface area contributed by atoms with Crippen LogP contribution in [0.4, 0.5) is 0 Å². The Balaban J connectivity index is 1.19. The first-order chi connectivity index (χ1) is 18.4. The molecule has 3 N–H and O–H groups in total. The van der Waals surface area contributed by atoms with Gasteiger partial charge in [-0.05, 0) is 80.5 Å². The molecule has 0 saturated heterocycles. The van der Waals surface area contributed by atoms with Crippen molar-refractivity contribution in [2.24, 2.45) is 45.8 Å². The van der Waals surface area contributed by atoms with Gasteiger partial charge in [0, 0.05) is 40.5 Å². The second-order valence-electron chi connectivity index (χ2n) is 14.8. The van der Waals surface area contributed by atoms with Gasteiger partial charge in [0.25, 0.3) is 0 Å². The molecule has 6 aliphatic rings. The third-order valence-electron chi connectivity index (χ3n) is 12.9. The van der Waals surface area contributed by atoms with Crippen molar-refractivity contribution >= 4 is 23.5 Å². The molecule has 0 aromatic rings. The van der Waals surface area contributed by atoms with E-state index in [4.69, 9.17) is 4.74 Å². The second kappa shape index (κ2) is 9.84. The molecule has 6 aliphatic carbocycles. The number of hydrogen-bond acceptors (Lipinski definition) is 7. The summed E-state index contributed by atoms with van der Waals surface area (Å²) in [6.45, 7) is 12.7. The molecule has 6 fully saturated rings. The van der Waals surface area contributed by atoms with Crippen molar-refractivity contribution in [2.45, 2.75) is 121 Å². The number of rotatable bonds is 7. The van der Waals surface area contributed by atoms with Crippen LogP contribution in [0.3, 0.4) is 0 Å². The van der Waals surface area contributed by atoms with Crippen LogP contribution in [0, 0.1) is 45.8 Å². The molecule has 0 heterocycles. The number of hydrogen-bond donors (Lipinski definition) is 3. The Kier molecular flexibility index (Phi) is 7.13. The minimum absolute atomic E-state index is 0.0339. The Labute approximate surface area is 238 Å². The summed E-state index contributed by atoms with van der Waals surface area (Å²) in [4.78, 5) is 27.1. The highest BCUT2D eigenvalue weighted by Crippen LogP contribution is 2.68. The van der Waals surface area contributed by atoms with E-state index in [1.165, 1.54) is 12.8 Å². The molecule has 0 radical (unpaired) electrons. The lowest BCUT2D eigenvalue weighted by Gasteiger charge is -2.61. The van der Waals surface area contributed by atoms with Gasteiger partial charge in [-0.3, -0.25) is 9.59 Å². The number of aliphatic hydroxyl groups is 2. The van der Waals surface area contributed by atoms with Gasteiger partial charge in [-0.2, -0.15) is 0 Å². The molecular weight excluding hydrogens is 510 g/mol. The smallest absolute Gasteiger partial charge is 0.316 e. The van der Waals surface area contributed by atoms with Crippen molar-refractivity contribution in [3.8, 4) is 0 Å². The Morgan fingerprint density at radius 2 is 1.90 bits per heavy atom. The van der Waals surface area contributed by atoms with E-state index in [1.54, 1.807) is 11.8 Å². The Bertz CT molecular complexity index is 1020. The third-order valence-corrected chi connectivity index (χ3v) is 14.2. The fraction of sp³-hybridized carbons (Fsp3) is 0.875. The molecular formula is C32H49NO5S. The van der Waals surface area contributed by atoms with Crippen LogP contribution < -0.4 is 5.32 Å². The molecule has 6 saturated carbocycles. The number of Topliss-reactive ketones (excluding diaryl/α,β-unsaturated/α-hetero) is 1. The molecule has 0 aromatic carbocycles. The lowest BCUT2D eigenvalue weighted by molar-refractivity contribution is -0.205. The van der Waals surface area contributed by atoms with Crippen molar-refractivity contribution < 1.29 is 24.5 Å². The highest BCUT2D eigenvalue weighted by molar-refractivity contribution is 8.00. The SMILES string of the molecule is C=C[C@]1(C)C[C@@H](OC(=O)CS[C@@H]2C[C@H]3[C@H](C[C@H]3NC3CC3)[C@H]2O)[C@]2(C)C(C)CCC3(CCC(=O)[C@H]32)[C@@H](C)C1O. The summed E-state index contributed by atoms with van der Waals surface area (Å²) in [5.74, 6) is 1.06. The molecule has 6 nitrogen and oxygen atoms in total. The summed E-state index contributed by atoms with van der Waals surface area (Å²) in [5, 5.41) is 26.4. The Morgan fingerprint density at radius 1 is 1.15 bits per heavy atom. The van der Waals surface area contributed by atoms with E-state index in [2.05, 4.69) is 32.7 Å². The van der Waals surface area contributed by atoms with Crippen molar-refractivity contribution in [3.63, 3.8) is 0 Å². The number of carbonyl (C=O) groups excluding carboxylic acids is 2. The lowest BCUT2D eigenvalue weighted by atomic mass is 9.44. The van der Waals surface area contributed by atoms with E-state index in [-0.39, 0.29) is 52.0 Å². The van der Waals surface area contributed by atoms with E-state index >= 15 is 0 Å². The van der Waals surface area contributed by atoms with Crippen LogP contribution in [-0.2, 0) is 14.3 Å². The molecule has 218 valence electrons. The maximum absolute atomic E-state index is 13.6. The number of ether oxygens (including phenoxy) is 1. The van der Waals surface area contributed by atoms with Crippen molar-refractivity contribution in [1.29, 1.82) is 0 Å². The molecule has 3 unspecified atom stereocenters. The average molecular weight is 560 g/mol. The number of ketones is 1. The Morgan fingerprint density at radius 3 is 2.59 bits per heavy atom. The van der Waals surface area contributed by atoms with E-state index in [0.717, 1.165) is 32.1 Å². The van der Waals surface area contributed by atoms with Crippen LogP contribution in [0.1, 0.15) is 85.5 Å². The van der Waals surface area contributed by atoms with E-state index < -0.39 is 23.0 Å². The van der Waals surface area contributed by atoms with Crippen LogP contribution in [0.25, 0.3) is 0 Å². The van der Waals surface area contributed by atoms with E-state index in [1.807, 2.05) is 13.0 Å². The van der Waals surface area contributed by atoms with Crippen LogP contribution in [0.5, 0.6) is 0 Å². The second-order valence-corrected chi connectivity index (χ2v) is 16.0. The van der Waals surface area contributed by atoms with Gasteiger partial charge in [-0.15, -0.1) is 18.3 Å². The first-order valence-electron chi connectivity index (χ1n) is 15.5. The summed E-state index contributed by atoms with van der Waals surface area (Å²) in [5.41, 5.74) is -1.37. The van der Waals surface area contributed by atoms with Crippen LogP contribution in [0.15, 0.2) is 12.7 Å². The maximum atomic E-state index is 13.6. The number of nitrogens with one attached hydrogen (secondary N) is 1. The zero-order chi connectivity index (χ0) is 27.9. The topological polar surface area (TPSA) is 95.9 Å². The third kappa shape index (κ3) is 4.30. The first kappa shape index (κ1) is 28.2. The Hall–Kier alpha value is -0.890. The van der Waals surface area contributed by atoms with Crippen molar-refractivity contribution in [3.05, 3.63) is 12.7 Å². The minimum atomic E-state index is -0.654. The van der Waals surface area contributed by atoms with Gasteiger partial charge in [-0.25, -0.2) is 0 Å². The molecule has 0 aliphatic heterocycles. The van der Waals surface area contributed by atoms with Gasteiger partial charge in [0.2, 0.25) is 0 Å². The average Bonchev–Trinajstić information content (AvgIpc) is 3.61. The predicted octanol–water partition coefficient (Wildman–Crippen LogP) is 4.52. The summed E-state index contributed by atoms with van der Waals surface area (Å²) < 4.78 is 6.40. The number of carbonyl (C=O) groups is 2. The number of aliphatic hydroxyl groups excluding tert-OH is 2. The van der Waals surface area contributed by atoms with Crippen molar-refractivity contribution in [1.82, 2.24) is 5.32 Å². The minimum Gasteiger partial charge on any atom is -0.461 e. The van der Waals surface area contributed by atoms with Crippen LogP contribution >= 0.6 is 11.8 Å². The summed E-state index contributed by atoms with van der Waals surface area (Å²) in [7, 11) is 0. The number of fused-ring (bicyclic) bond motifs is 1. The van der Waals surface area contributed by atoms with Gasteiger partial charge in [0.1, 0.15) is 11.9 Å². The fourth-order valence-corrected chi connectivity index (χ4v) is 11.1. The highest BCUT2D eigenvalue weighted by atomic mass is 32.2. The zero-order valence-corrected chi connectivity index (χ0v) is 25.1. The molecule has 2 bridgehead atoms. The standard InChI is InChI=1S/C32H49NO5S/c1-6-30(4)15-25(31(5)17(2)9-11-32(18(3)29(30)37)12-10-23(34)28(31)32)38-26(35)16-39-24-14-20-21(27(24)36)13-22(20)33-19-7-8-19/h6,17-22,24-25,27-29,33,36-37H,1,7-16H2,2-5H3/t17?,18-,20-,21-,22+,24+,25+,27+,28-,29?,30+,31-,32?/m0/s1.